The smallest absolute Gasteiger partial charge is 0.150 e. The van der Waals surface area contributed by atoms with E-state index >= 15 is 0 Å². The van der Waals surface area contributed by atoms with Crippen LogP contribution in [0, 0.1) is 23.7 Å². The molecule has 0 aromatic heterocycles. The summed E-state index contributed by atoms with van der Waals surface area (Å²) in [5.41, 5.74) is 0. The summed E-state index contributed by atoms with van der Waals surface area (Å²) in [6.45, 7) is 4.36. The molecule has 4 heteroatoms. The molecule has 0 radical (unpaired) electrons. The molecule has 3 rings (SSSR count). The summed E-state index contributed by atoms with van der Waals surface area (Å²) >= 11 is 0. The molecule has 0 amide bonds. The highest BCUT2D eigenvalue weighted by atomic mass is 32.2. The highest BCUT2D eigenvalue weighted by Crippen LogP contribution is 2.51. The summed E-state index contributed by atoms with van der Waals surface area (Å²) in [5.74, 6) is 2.99. The molecule has 0 spiro atoms. The summed E-state index contributed by atoms with van der Waals surface area (Å²) in [5, 5.41) is 0. The summed E-state index contributed by atoms with van der Waals surface area (Å²) < 4.78 is 29.4. The molecule has 0 N–H and O–H groups in total. The van der Waals surface area contributed by atoms with Crippen LogP contribution in [0.25, 0.3) is 0 Å². The summed E-state index contributed by atoms with van der Waals surface area (Å²) in [6.07, 6.45) is 3.94. The molecule has 2 aliphatic heterocycles. The van der Waals surface area contributed by atoms with E-state index in [9.17, 15) is 8.42 Å². The van der Waals surface area contributed by atoms with Crippen molar-refractivity contribution in [1.29, 1.82) is 0 Å². The van der Waals surface area contributed by atoms with Gasteiger partial charge in [0.2, 0.25) is 0 Å². The Balaban J connectivity index is 1.82. The van der Waals surface area contributed by atoms with Crippen LogP contribution >= 0.6 is 0 Å². The van der Waals surface area contributed by atoms with Gasteiger partial charge in [0.05, 0.1) is 23.7 Å². The first kappa shape index (κ1) is 12.0. The van der Waals surface area contributed by atoms with Crippen LogP contribution in [-0.2, 0) is 14.6 Å². The number of hydrogen-bond donors (Lipinski definition) is 0. The average Bonchev–Trinajstić information content (AvgIpc) is 2.91. The van der Waals surface area contributed by atoms with E-state index in [0.717, 1.165) is 12.8 Å². The van der Waals surface area contributed by atoms with Crippen LogP contribution in [0.15, 0.2) is 0 Å². The Labute approximate surface area is 104 Å². The summed E-state index contributed by atoms with van der Waals surface area (Å²) in [4.78, 5) is 0. The molecule has 6 unspecified atom stereocenters. The van der Waals surface area contributed by atoms with Crippen LogP contribution < -0.4 is 0 Å². The SMILES string of the molecule is CC1CC(C2OC2C)C2CCCS(=O)(=O)CC12. The van der Waals surface area contributed by atoms with Crippen molar-refractivity contribution < 1.29 is 13.2 Å². The van der Waals surface area contributed by atoms with Gasteiger partial charge in [0.15, 0.2) is 9.84 Å². The average molecular weight is 258 g/mol. The van der Waals surface area contributed by atoms with E-state index in [4.69, 9.17) is 4.74 Å². The molecule has 2 saturated heterocycles. The van der Waals surface area contributed by atoms with E-state index in [1.807, 2.05) is 0 Å². The Hall–Kier alpha value is -0.0900. The number of epoxide rings is 1. The van der Waals surface area contributed by atoms with Crippen molar-refractivity contribution in [2.75, 3.05) is 11.5 Å². The predicted octanol–water partition coefficient (Wildman–Crippen LogP) is 1.87. The fourth-order valence-corrected chi connectivity index (χ4v) is 6.11. The Morgan fingerprint density at radius 1 is 1.12 bits per heavy atom. The summed E-state index contributed by atoms with van der Waals surface area (Å²) in [6, 6.07) is 0. The van der Waals surface area contributed by atoms with Crippen LogP contribution in [0.1, 0.15) is 33.1 Å². The molecular formula is C13H22O3S. The summed E-state index contributed by atoms with van der Waals surface area (Å²) in [7, 11) is -2.79. The lowest BCUT2D eigenvalue weighted by Crippen LogP contribution is -2.24. The molecule has 3 aliphatic rings. The first-order valence-electron chi connectivity index (χ1n) is 6.84. The van der Waals surface area contributed by atoms with Crippen LogP contribution in [0.2, 0.25) is 0 Å². The van der Waals surface area contributed by atoms with E-state index in [1.165, 1.54) is 6.42 Å². The Morgan fingerprint density at radius 3 is 2.47 bits per heavy atom. The second-order valence-corrected chi connectivity index (χ2v) is 8.50. The fraction of sp³-hybridized carbons (Fsp3) is 1.00. The molecule has 2 heterocycles. The van der Waals surface area contributed by atoms with Crippen LogP contribution in [0.5, 0.6) is 0 Å². The van der Waals surface area contributed by atoms with Gasteiger partial charge in [-0.15, -0.1) is 0 Å². The van der Waals surface area contributed by atoms with Gasteiger partial charge >= 0.3 is 0 Å². The van der Waals surface area contributed by atoms with Crippen LogP contribution in [0.4, 0.5) is 0 Å². The van der Waals surface area contributed by atoms with Crippen molar-refractivity contribution in [3.63, 3.8) is 0 Å². The van der Waals surface area contributed by atoms with E-state index in [-0.39, 0.29) is 0 Å². The van der Waals surface area contributed by atoms with Gasteiger partial charge < -0.3 is 4.74 Å². The predicted molar refractivity (Wildman–Crippen MR) is 66.5 cm³/mol. The highest BCUT2D eigenvalue weighted by Gasteiger charge is 2.53. The number of fused-ring (bicyclic) bond motifs is 1. The van der Waals surface area contributed by atoms with Gasteiger partial charge in [0, 0.05) is 0 Å². The van der Waals surface area contributed by atoms with Crippen LogP contribution in [0.3, 0.4) is 0 Å². The lowest BCUT2D eigenvalue weighted by molar-refractivity contribution is 0.240. The number of ether oxygens (including phenoxy) is 1. The molecule has 3 nitrogen and oxygen atoms in total. The minimum Gasteiger partial charge on any atom is -0.370 e. The third-order valence-electron chi connectivity index (χ3n) is 5.09. The maximum atomic E-state index is 11.9. The minimum absolute atomic E-state index is 0.392. The highest BCUT2D eigenvalue weighted by molar-refractivity contribution is 7.91. The van der Waals surface area contributed by atoms with Crippen molar-refractivity contribution >= 4 is 9.84 Å². The van der Waals surface area contributed by atoms with Crippen molar-refractivity contribution in [2.45, 2.75) is 45.3 Å². The lowest BCUT2D eigenvalue weighted by Gasteiger charge is -2.22. The van der Waals surface area contributed by atoms with Crippen molar-refractivity contribution in [3.05, 3.63) is 0 Å². The molecule has 98 valence electrons. The fourth-order valence-electron chi connectivity index (χ4n) is 4.18. The number of rotatable bonds is 1. The van der Waals surface area contributed by atoms with Gasteiger partial charge in [0.1, 0.15) is 0 Å². The monoisotopic (exact) mass is 258 g/mol. The van der Waals surface area contributed by atoms with Crippen molar-refractivity contribution in [1.82, 2.24) is 0 Å². The zero-order valence-electron chi connectivity index (χ0n) is 10.6. The van der Waals surface area contributed by atoms with Gasteiger partial charge in [-0.3, -0.25) is 0 Å². The maximum absolute atomic E-state index is 11.9. The largest absolute Gasteiger partial charge is 0.370 e. The first-order valence-corrected chi connectivity index (χ1v) is 8.66. The zero-order chi connectivity index (χ0) is 12.2. The van der Waals surface area contributed by atoms with Crippen LogP contribution in [-0.4, -0.2) is 32.1 Å². The third-order valence-corrected chi connectivity index (χ3v) is 6.90. The molecule has 3 fully saturated rings. The van der Waals surface area contributed by atoms with Crippen molar-refractivity contribution in [3.8, 4) is 0 Å². The number of sulfone groups is 1. The van der Waals surface area contributed by atoms with Gasteiger partial charge in [-0.1, -0.05) is 6.92 Å². The van der Waals surface area contributed by atoms with Gasteiger partial charge in [0.25, 0.3) is 0 Å². The topological polar surface area (TPSA) is 46.7 Å². The van der Waals surface area contributed by atoms with Gasteiger partial charge in [-0.25, -0.2) is 8.42 Å². The quantitative estimate of drug-likeness (QED) is 0.675. The standard InChI is InChI=1S/C13H22O3S/c1-8-6-11(13-9(2)16-13)10-4-3-5-17(14,15)7-12(8)10/h8-13H,3-7H2,1-2H3. The molecule has 0 aromatic carbocycles. The van der Waals surface area contributed by atoms with Gasteiger partial charge in [-0.05, 0) is 49.9 Å². The Kier molecular flexibility index (Phi) is 2.78. The third kappa shape index (κ3) is 2.14. The molecule has 1 aliphatic carbocycles. The minimum atomic E-state index is -2.79. The lowest BCUT2D eigenvalue weighted by atomic mass is 9.83. The Bertz CT molecular complexity index is 403. The zero-order valence-corrected chi connectivity index (χ0v) is 11.4. The molecule has 17 heavy (non-hydrogen) atoms. The second-order valence-electron chi connectivity index (χ2n) is 6.27. The number of hydrogen-bond acceptors (Lipinski definition) is 3. The molecular weight excluding hydrogens is 236 g/mol. The second kappa shape index (κ2) is 3.95. The molecule has 0 aromatic rings. The van der Waals surface area contributed by atoms with E-state index < -0.39 is 9.84 Å². The normalized spacial score (nSPS) is 52.8. The van der Waals surface area contributed by atoms with E-state index in [1.54, 1.807) is 0 Å². The Morgan fingerprint density at radius 2 is 1.82 bits per heavy atom. The van der Waals surface area contributed by atoms with Gasteiger partial charge in [-0.2, -0.15) is 0 Å². The molecule has 1 saturated carbocycles. The molecule has 6 atom stereocenters. The van der Waals surface area contributed by atoms with E-state index in [2.05, 4.69) is 13.8 Å². The van der Waals surface area contributed by atoms with E-state index in [0.29, 0.717) is 47.4 Å². The molecule has 0 bridgehead atoms. The maximum Gasteiger partial charge on any atom is 0.150 e. The first-order chi connectivity index (χ1) is 7.98. The van der Waals surface area contributed by atoms with Crippen molar-refractivity contribution in [2.24, 2.45) is 23.7 Å².